The van der Waals surface area contributed by atoms with Crippen LogP contribution < -0.4 is 0 Å². The molecular weight excluding hydrogens is 372 g/mol. The third kappa shape index (κ3) is 4.09. The summed E-state index contributed by atoms with van der Waals surface area (Å²) in [4.78, 5) is 2.36. The van der Waals surface area contributed by atoms with Gasteiger partial charge < -0.3 is 5.11 Å². The summed E-state index contributed by atoms with van der Waals surface area (Å²) < 4.78 is 29.2. The maximum atomic E-state index is 14.4. The molecule has 3 aromatic rings. The molecule has 0 saturated carbocycles. The van der Waals surface area contributed by atoms with Gasteiger partial charge in [0.15, 0.2) is 5.82 Å². The average Bonchev–Trinajstić information content (AvgIpc) is 3.30. The quantitative estimate of drug-likeness (QED) is 0.667. The molecule has 0 aliphatic carbocycles. The topological polar surface area (TPSA) is 41.3 Å². The van der Waals surface area contributed by atoms with Gasteiger partial charge in [0, 0.05) is 42.6 Å². The van der Waals surface area contributed by atoms with Crippen LogP contribution in [0.5, 0.6) is 0 Å². The first kappa shape index (κ1) is 19.7. The van der Waals surface area contributed by atoms with Crippen molar-refractivity contribution in [1.29, 1.82) is 0 Å². The van der Waals surface area contributed by atoms with E-state index in [-0.39, 0.29) is 12.3 Å². The summed E-state index contributed by atoms with van der Waals surface area (Å²) in [5.74, 6) is -1.25. The molecule has 4 nitrogen and oxygen atoms in total. The fourth-order valence-electron chi connectivity index (χ4n) is 4.18. The Hall–Kier alpha value is -2.57. The molecule has 1 atom stereocenters. The number of aliphatic hydroxyl groups excluding tert-OH is 1. The highest BCUT2D eigenvalue weighted by Crippen LogP contribution is 2.30. The molecule has 1 fully saturated rings. The summed E-state index contributed by atoms with van der Waals surface area (Å²) in [5.41, 5.74) is 4.11. The van der Waals surface area contributed by atoms with Crippen LogP contribution in [0.4, 0.5) is 8.78 Å². The van der Waals surface area contributed by atoms with Crippen molar-refractivity contribution in [2.24, 2.45) is 0 Å². The first-order chi connectivity index (χ1) is 14.1. The molecule has 0 spiro atoms. The van der Waals surface area contributed by atoms with Crippen LogP contribution in [0.3, 0.4) is 0 Å². The van der Waals surface area contributed by atoms with Crippen molar-refractivity contribution < 1.29 is 13.9 Å². The number of likely N-dealkylation sites (tertiary alicyclic amines) is 1. The summed E-state index contributed by atoms with van der Waals surface area (Å²) in [6.07, 6.45) is 4.76. The van der Waals surface area contributed by atoms with Gasteiger partial charge in [-0.1, -0.05) is 24.3 Å². The van der Waals surface area contributed by atoms with Crippen molar-refractivity contribution in [3.63, 3.8) is 0 Å². The second kappa shape index (κ2) is 8.43. The minimum atomic E-state index is -0.644. The zero-order valence-corrected chi connectivity index (χ0v) is 16.5. The normalized spacial score (nSPS) is 17.2. The van der Waals surface area contributed by atoms with Crippen LogP contribution in [0.1, 0.15) is 30.4 Å². The van der Waals surface area contributed by atoms with Crippen molar-refractivity contribution in [2.75, 3.05) is 13.2 Å². The highest BCUT2D eigenvalue weighted by Gasteiger charge is 2.26. The smallest absolute Gasteiger partial charge is 0.151 e. The lowest BCUT2D eigenvalue weighted by Crippen LogP contribution is -2.29. The van der Waals surface area contributed by atoms with Crippen molar-refractivity contribution >= 4 is 0 Å². The molecule has 1 aliphatic rings. The molecule has 1 aromatic heterocycles. The number of hydrogen-bond acceptors (Lipinski definition) is 3. The van der Waals surface area contributed by atoms with Crippen molar-refractivity contribution in [3.8, 4) is 16.9 Å². The Kier molecular flexibility index (Phi) is 5.74. The van der Waals surface area contributed by atoms with E-state index in [0.29, 0.717) is 12.6 Å². The monoisotopic (exact) mass is 397 g/mol. The second-order valence-electron chi connectivity index (χ2n) is 7.64. The zero-order valence-electron chi connectivity index (χ0n) is 16.5. The van der Waals surface area contributed by atoms with Crippen molar-refractivity contribution in [3.05, 3.63) is 71.4 Å². The van der Waals surface area contributed by atoms with E-state index in [9.17, 15) is 13.9 Å². The number of rotatable bonds is 6. The lowest BCUT2D eigenvalue weighted by atomic mass is 10.0. The van der Waals surface area contributed by atoms with Crippen LogP contribution in [-0.4, -0.2) is 39.0 Å². The Morgan fingerprint density at radius 3 is 2.76 bits per heavy atom. The van der Waals surface area contributed by atoms with Gasteiger partial charge in [0.2, 0.25) is 0 Å². The van der Waals surface area contributed by atoms with Crippen LogP contribution in [-0.2, 0) is 6.54 Å². The fraction of sp³-hybridized carbons (Fsp3) is 0.348. The average molecular weight is 397 g/mol. The third-order valence-electron chi connectivity index (χ3n) is 5.68. The first-order valence-electron chi connectivity index (χ1n) is 10.0. The standard InChI is InChI=1S/C23H25F2N3O/c1-16-5-2-3-7-20(16)23-17(14-27-11-4-6-19(27)10-12-29)15-28(26-23)22-9-8-18(24)13-21(22)25/h2-3,5,7-9,13,15,19,29H,4,6,10-12,14H2,1H3/t19-/m0/s1. The van der Waals surface area contributed by atoms with E-state index in [1.807, 2.05) is 37.4 Å². The van der Waals surface area contributed by atoms with Gasteiger partial charge in [-0.25, -0.2) is 13.5 Å². The largest absolute Gasteiger partial charge is 0.396 e. The minimum absolute atomic E-state index is 0.172. The van der Waals surface area contributed by atoms with Crippen LogP contribution >= 0.6 is 0 Å². The van der Waals surface area contributed by atoms with E-state index >= 15 is 0 Å². The van der Waals surface area contributed by atoms with E-state index in [4.69, 9.17) is 5.10 Å². The Morgan fingerprint density at radius 2 is 2.00 bits per heavy atom. The summed E-state index contributed by atoms with van der Waals surface area (Å²) in [6, 6.07) is 11.9. The molecule has 6 heteroatoms. The van der Waals surface area contributed by atoms with Gasteiger partial charge in [-0.3, -0.25) is 4.90 Å². The molecule has 152 valence electrons. The zero-order chi connectivity index (χ0) is 20.4. The third-order valence-corrected chi connectivity index (χ3v) is 5.68. The minimum Gasteiger partial charge on any atom is -0.396 e. The summed E-state index contributed by atoms with van der Waals surface area (Å²) in [5, 5.41) is 14.1. The molecule has 29 heavy (non-hydrogen) atoms. The van der Waals surface area contributed by atoms with Crippen LogP contribution in [0.25, 0.3) is 16.9 Å². The van der Waals surface area contributed by atoms with Gasteiger partial charge in [0.1, 0.15) is 11.5 Å². The number of benzene rings is 2. The van der Waals surface area contributed by atoms with Crippen LogP contribution in [0.15, 0.2) is 48.7 Å². The lowest BCUT2D eigenvalue weighted by Gasteiger charge is -2.23. The molecule has 0 amide bonds. The summed E-state index contributed by atoms with van der Waals surface area (Å²) in [7, 11) is 0. The number of aliphatic hydroxyl groups is 1. The second-order valence-corrected chi connectivity index (χ2v) is 7.64. The molecule has 0 bridgehead atoms. The predicted molar refractivity (Wildman–Crippen MR) is 109 cm³/mol. The maximum absolute atomic E-state index is 14.4. The lowest BCUT2D eigenvalue weighted by molar-refractivity contribution is 0.190. The van der Waals surface area contributed by atoms with Gasteiger partial charge in [-0.2, -0.15) is 5.10 Å². The van der Waals surface area contributed by atoms with Gasteiger partial charge in [0.25, 0.3) is 0 Å². The predicted octanol–water partition coefficient (Wildman–Crippen LogP) is 4.47. The Balaban J connectivity index is 1.76. The van der Waals surface area contributed by atoms with Crippen LogP contribution in [0.2, 0.25) is 0 Å². The Morgan fingerprint density at radius 1 is 1.17 bits per heavy atom. The molecule has 1 saturated heterocycles. The molecule has 0 radical (unpaired) electrons. The number of halogens is 2. The Labute approximate surface area is 169 Å². The van der Waals surface area contributed by atoms with E-state index < -0.39 is 11.6 Å². The summed E-state index contributed by atoms with van der Waals surface area (Å²) >= 11 is 0. The number of nitrogens with zero attached hydrogens (tertiary/aromatic N) is 3. The van der Waals surface area contributed by atoms with Crippen LogP contribution in [0, 0.1) is 18.6 Å². The molecular formula is C23H25F2N3O. The molecule has 4 rings (SSSR count). The number of aromatic nitrogens is 2. The maximum Gasteiger partial charge on any atom is 0.151 e. The molecule has 1 N–H and O–H groups in total. The molecule has 1 aliphatic heterocycles. The Bertz CT molecular complexity index is 1000. The number of hydrogen-bond donors (Lipinski definition) is 1. The molecule has 2 heterocycles. The van der Waals surface area contributed by atoms with E-state index in [1.165, 1.54) is 16.8 Å². The number of aryl methyl sites for hydroxylation is 1. The SMILES string of the molecule is Cc1ccccc1-c1nn(-c2ccc(F)cc2F)cc1CN1CCC[C@H]1CCO. The highest BCUT2D eigenvalue weighted by atomic mass is 19.1. The summed E-state index contributed by atoms with van der Waals surface area (Å²) in [6.45, 7) is 3.85. The first-order valence-corrected chi connectivity index (χ1v) is 10.0. The fourth-order valence-corrected chi connectivity index (χ4v) is 4.18. The molecule has 2 aromatic carbocycles. The van der Waals surface area contributed by atoms with Gasteiger partial charge >= 0.3 is 0 Å². The van der Waals surface area contributed by atoms with Gasteiger partial charge in [-0.05, 0) is 50.4 Å². The molecule has 0 unspecified atom stereocenters. The van der Waals surface area contributed by atoms with Crippen molar-refractivity contribution in [2.45, 2.75) is 38.8 Å². The van der Waals surface area contributed by atoms with E-state index in [2.05, 4.69) is 4.90 Å². The van der Waals surface area contributed by atoms with E-state index in [0.717, 1.165) is 54.3 Å². The van der Waals surface area contributed by atoms with Gasteiger partial charge in [0.05, 0.1) is 5.69 Å². The van der Waals surface area contributed by atoms with E-state index in [1.54, 1.807) is 0 Å². The van der Waals surface area contributed by atoms with Crippen molar-refractivity contribution in [1.82, 2.24) is 14.7 Å². The van der Waals surface area contributed by atoms with Gasteiger partial charge in [-0.15, -0.1) is 0 Å². The highest BCUT2D eigenvalue weighted by molar-refractivity contribution is 5.67.